The highest BCUT2D eigenvalue weighted by atomic mass is 79.9. The molecule has 2 N–H and O–H groups in total. The summed E-state index contributed by atoms with van der Waals surface area (Å²) in [6.07, 6.45) is 1.16. The average Bonchev–Trinajstić information content (AvgIpc) is 2.02. The molecule has 1 aromatic heterocycles. The van der Waals surface area contributed by atoms with E-state index in [1.165, 1.54) is 0 Å². The molecule has 0 bridgehead atoms. The second-order valence-electron chi connectivity index (χ2n) is 3.17. The molecule has 0 atom stereocenters. The third-order valence-corrected chi connectivity index (χ3v) is 2.49. The summed E-state index contributed by atoms with van der Waals surface area (Å²) in [6.45, 7) is 3.81. The molecule has 1 aromatic rings. The van der Waals surface area contributed by atoms with Gasteiger partial charge in [0.15, 0.2) is 0 Å². The first-order valence-corrected chi connectivity index (χ1v) is 4.82. The van der Waals surface area contributed by atoms with Crippen LogP contribution in [0.25, 0.3) is 0 Å². The van der Waals surface area contributed by atoms with Crippen molar-refractivity contribution in [3.8, 4) is 0 Å². The lowest BCUT2D eigenvalue weighted by Gasteiger charge is -2.10. The number of pyridine rings is 1. The zero-order valence-corrected chi connectivity index (χ0v) is 9.41. The number of nitrogen functional groups attached to an aromatic ring is 1. The molecular weight excluding hydrogens is 250 g/mol. The molecule has 6 heteroatoms. The maximum absolute atomic E-state index is 10.6. The first kappa shape index (κ1) is 10.9. The lowest BCUT2D eigenvalue weighted by Crippen LogP contribution is -2.04. The van der Waals surface area contributed by atoms with E-state index >= 15 is 0 Å². The smallest absolute Gasteiger partial charge is 0.310 e. The molecule has 0 aliphatic heterocycles. The van der Waals surface area contributed by atoms with Crippen LogP contribution < -0.4 is 5.73 Å². The number of nitrogens with zero attached hydrogens (tertiary/aromatic N) is 2. The van der Waals surface area contributed by atoms with Gasteiger partial charge in [0, 0.05) is 5.56 Å². The molecule has 0 unspecified atom stereocenters. The highest BCUT2D eigenvalue weighted by Gasteiger charge is 2.20. The average molecular weight is 260 g/mol. The van der Waals surface area contributed by atoms with Crippen LogP contribution in [-0.2, 0) is 0 Å². The van der Waals surface area contributed by atoms with Crippen molar-refractivity contribution < 1.29 is 4.92 Å². The van der Waals surface area contributed by atoms with Gasteiger partial charge in [-0.25, -0.2) is 4.98 Å². The lowest BCUT2D eigenvalue weighted by molar-refractivity contribution is -0.384. The Balaban J connectivity index is 3.41. The van der Waals surface area contributed by atoms with Crippen molar-refractivity contribution >= 4 is 27.3 Å². The molecule has 0 aliphatic rings. The molecule has 76 valence electrons. The zero-order chi connectivity index (χ0) is 10.9. The Labute approximate surface area is 89.6 Å². The molecule has 0 spiro atoms. The summed E-state index contributed by atoms with van der Waals surface area (Å²) >= 11 is 3.22. The summed E-state index contributed by atoms with van der Waals surface area (Å²) in [7, 11) is 0. The fourth-order valence-corrected chi connectivity index (χ4v) is 1.97. The molecule has 0 amide bonds. The van der Waals surface area contributed by atoms with E-state index in [4.69, 9.17) is 5.73 Å². The van der Waals surface area contributed by atoms with E-state index in [0.29, 0.717) is 10.2 Å². The van der Waals surface area contributed by atoms with Gasteiger partial charge < -0.3 is 5.73 Å². The second kappa shape index (κ2) is 3.91. The highest BCUT2D eigenvalue weighted by Crippen LogP contribution is 2.34. The SMILES string of the molecule is CC(C)c1c(Br)ncc([N+](=O)[O-])c1N. The number of nitrogens with two attached hydrogens (primary N) is 1. The third-order valence-electron chi connectivity index (χ3n) is 1.86. The van der Waals surface area contributed by atoms with Crippen molar-refractivity contribution in [1.29, 1.82) is 0 Å². The minimum absolute atomic E-state index is 0.0942. The summed E-state index contributed by atoms with van der Waals surface area (Å²) in [5.41, 5.74) is 6.40. The van der Waals surface area contributed by atoms with Crippen LogP contribution in [0.2, 0.25) is 0 Å². The molecular formula is C8H10BrN3O2. The quantitative estimate of drug-likeness (QED) is 0.503. The Morgan fingerprint density at radius 1 is 1.64 bits per heavy atom. The van der Waals surface area contributed by atoms with Crippen molar-refractivity contribution in [2.75, 3.05) is 5.73 Å². The Kier molecular flexibility index (Phi) is 3.05. The van der Waals surface area contributed by atoms with Gasteiger partial charge in [-0.2, -0.15) is 0 Å². The van der Waals surface area contributed by atoms with Crippen LogP contribution in [0.15, 0.2) is 10.8 Å². The number of halogens is 1. The molecule has 0 radical (unpaired) electrons. The van der Waals surface area contributed by atoms with E-state index in [9.17, 15) is 10.1 Å². The standard InChI is InChI=1S/C8H10BrN3O2/c1-4(2)6-7(10)5(12(13)14)3-11-8(6)9/h3-4H,1-2H3,(H2,10,11). The van der Waals surface area contributed by atoms with Crippen LogP contribution in [0.3, 0.4) is 0 Å². The van der Waals surface area contributed by atoms with Gasteiger partial charge in [0.2, 0.25) is 0 Å². The van der Waals surface area contributed by atoms with Crippen LogP contribution in [0.1, 0.15) is 25.3 Å². The van der Waals surface area contributed by atoms with Gasteiger partial charge in [0.25, 0.3) is 0 Å². The van der Waals surface area contributed by atoms with Crippen LogP contribution in [0.5, 0.6) is 0 Å². The molecule has 0 saturated heterocycles. The highest BCUT2D eigenvalue weighted by molar-refractivity contribution is 9.10. The molecule has 14 heavy (non-hydrogen) atoms. The van der Waals surface area contributed by atoms with Crippen molar-refractivity contribution in [2.45, 2.75) is 19.8 Å². The summed E-state index contributed by atoms with van der Waals surface area (Å²) in [5, 5.41) is 10.6. The Morgan fingerprint density at radius 2 is 2.21 bits per heavy atom. The van der Waals surface area contributed by atoms with Gasteiger partial charge in [-0.3, -0.25) is 10.1 Å². The first-order chi connectivity index (χ1) is 6.45. The minimum Gasteiger partial charge on any atom is -0.393 e. The van der Waals surface area contributed by atoms with Crippen LogP contribution in [0, 0.1) is 10.1 Å². The van der Waals surface area contributed by atoms with Gasteiger partial charge in [0.1, 0.15) is 16.5 Å². The molecule has 0 fully saturated rings. The van der Waals surface area contributed by atoms with E-state index in [1.54, 1.807) is 0 Å². The molecule has 5 nitrogen and oxygen atoms in total. The maximum Gasteiger partial charge on any atom is 0.310 e. The lowest BCUT2D eigenvalue weighted by atomic mass is 10.0. The number of hydrogen-bond donors (Lipinski definition) is 1. The first-order valence-electron chi connectivity index (χ1n) is 4.03. The Hall–Kier alpha value is -1.17. The molecule has 1 heterocycles. The summed E-state index contributed by atoms with van der Waals surface area (Å²) in [5.74, 6) is 0.0942. The summed E-state index contributed by atoms with van der Waals surface area (Å²) in [4.78, 5) is 13.9. The number of rotatable bonds is 2. The van der Waals surface area contributed by atoms with Crippen molar-refractivity contribution in [3.05, 3.63) is 26.5 Å². The topological polar surface area (TPSA) is 82.0 Å². The summed E-state index contributed by atoms with van der Waals surface area (Å²) < 4.78 is 0.565. The van der Waals surface area contributed by atoms with Crippen LogP contribution in [0.4, 0.5) is 11.4 Å². The van der Waals surface area contributed by atoms with E-state index < -0.39 is 4.92 Å². The Bertz CT molecular complexity index is 379. The van der Waals surface area contributed by atoms with E-state index in [-0.39, 0.29) is 17.3 Å². The van der Waals surface area contributed by atoms with Crippen molar-refractivity contribution in [1.82, 2.24) is 4.98 Å². The van der Waals surface area contributed by atoms with E-state index in [1.807, 2.05) is 13.8 Å². The van der Waals surface area contributed by atoms with E-state index in [2.05, 4.69) is 20.9 Å². The predicted molar refractivity (Wildman–Crippen MR) is 57.1 cm³/mol. The largest absolute Gasteiger partial charge is 0.393 e. The number of nitro groups is 1. The Morgan fingerprint density at radius 3 is 2.64 bits per heavy atom. The van der Waals surface area contributed by atoms with E-state index in [0.717, 1.165) is 6.20 Å². The molecule has 1 rings (SSSR count). The van der Waals surface area contributed by atoms with Crippen LogP contribution in [-0.4, -0.2) is 9.91 Å². The van der Waals surface area contributed by atoms with Crippen LogP contribution >= 0.6 is 15.9 Å². The zero-order valence-electron chi connectivity index (χ0n) is 7.82. The molecule has 0 aromatic carbocycles. The predicted octanol–water partition coefficient (Wildman–Crippen LogP) is 2.46. The second-order valence-corrected chi connectivity index (χ2v) is 3.92. The third kappa shape index (κ3) is 1.84. The number of anilines is 1. The summed E-state index contributed by atoms with van der Waals surface area (Å²) in [6, 6.07) is 0. The van der Waals surface area contributed by atoms with Gasteiger partial charge in [-0.1, -0.05) is 13.8 Å². The van der Waals surface area contributed by atoms with Crippen molar-refractivity contribution in [3.63, 3.8) is 0 Å². The maximum atomic E-state index is 10.6. The van der Waals surface area contributed by atoms with Gasteiger partial charge >= 0.3 is 5.69 Å². The van der Waals surface area contributed by atoms with Gasteiger partial charge in [-0.15, -0.1) is 0 Å². The van der Waals surface area contributed by atoms with Gasteiger partial charge in [0.05, 0.1) is 4.92 Å². The van der Waals surface area contributed by atoms with Gasteiger partial charge in [-0.05, 0) is 21.8 Å². The van der Waals surface area contributed by atoms with Crippen molar-refractivity contribution in [2.24, 2.45) is 0 Å². The molecule has 0 saturated carbocycles. The minimum atomic E-state index is -0.527. The fraction of sp³-hybridized carbons (Fsp3) is 0.375. The number of aromatic nitrogens is 1. The normalized spacial score (nSPS) is 10.6. The number of hydrogen-bond acceptors (Lipinski definition) is 4. The monoisotopic (exact) mass is 259 g/mol. The molecule has 0 aliphatic carbocycles. The fourth-order valence-electron chi connectivity index (χ4n) is 1.20.